The van der Waals surface area contributed by atoms with E-state index < -0.39 is 100 Å². The summed E-state index contributed by atoms with van der Waals surface area (Å²) >= 11 is 0. The van der Waals surface area contributed by atoms with Crippen molar-refractivity contribution in [1.82, 2.24) is 81.6 Å². The average Bonchev–Trinajstić information content (AvgIpc) is 1.57. The number of hydrogen-bond acceptors (Lipinski definition) is 44. The first-order valence-electron chi connectivity index (χ1n) is 29.8. The van der Waals surface area contributed by atoms with Crippen molar-refractivity contribution in [3.8, 4) is 12.1 Å². The Morgan fingerprint density at radius 2 is 0.269 bits per heavy atom. The van der Waals surface area contributed by atoms with Crippen LogP contribution in [0.1, 0.15) is 166 Å². The molecule has 0 fully saturated rings. The predicted molar refractivity (Wildman–Crippen MR) is 385 cm³/mol. The second kappa shape index (κ2) is 145. The molecule has 0 unspecified atom stereocenters. The molecule has 134 heavy (non-hydrogen) atoms. The molecule has 844 valence electrons. The number of carboxylic acid groups (broad SMARTS) is 4. The van der Waals surface area contributed by atoms with Crippen molar-refractivity contribution < 1.29 is 443 Å². The van der Waals surface area contributed by atoms with Crippen LogP contribution in [0.3, 0.4) is 0 Å². The first-order chi connectivity index (χ1) is 49.3. The van der Waals surface area contributed by atoms with Crippen LogP contribution in [-0.4, -0.2) is 139 Å². The Labute approximate surface area is 951 Å². The van der Waals surface area contributed by atoms with E-state index in [0.29, 0.717) is 0 Å². The smallest absolute Gasteiger partial charge is 0.870 e. The molecule has 8 N–H and O–H groups in total. The Kier molecular flexibility index (Phi) is 267. The number of nitrogens with zero attached hydrogens (tertiary/aromatic N) is 18. The maximum Gasteiger partial charge on any atom is 2.00 e. The molecule has 0 bridgehead atoms. The topological polar surface area (TPSA) is 1040 Å². The Morgan fingerprint density at radius 1 is 0.224 bits per heavy atom. The summed E-state index contributed by atoms with van der Waals surface area (Å²) in [7, 11) is -26.1. The summed E-state index contributed by atoms with van der Waals surface area (Å²) in [6.07, 6.45) is 26.2. The predicted octanol–water partition coefficient (Wildman–Crippen LogP) is -6.87. The number of nitriles is 2. The number of rotatable bonds is 0. The van der Waals surface area contributed by atoms with Gasteiger partial charge in [-0.25, -0.2) is 0 Å². The zero-order valence-electron chi connectivity index (χ0n) is 73.6. The zero-order chi connectivity index (χ0) is 90.0. The molecule has 0 aliphatic rings. The molecule has 8 aromatic heterocycles. The van der Waals surface area contributed by atoms with Gasteiger partial charge in [0.15, 0.2) is 0 Å². The van der Waals surface area contributed by atoms with Crippen LogP contribution in [-0.2, 0) is 320 Å². The molecule has 0 saturated heterocycles. The van der Waals surface area contributed by atoms with Crippen LogP contribution in [0.2, 0.25) is 0 Å². The third kappa shape index (κ3) is 256. The van der Waals surface area contributed by atoms with Crippen molar-refractivity contribution in [3.63, 3.8) is 0 Å². The second-order valence-corrected chi connectivity index (χ2v) is 38.2. The minimum absolute atomic E-state index is 0. The Morgan fingerprint density at radius 3 is 0.276 bits per heavy atom. The van der Waals surface area contributed by atoms with Gasteiger partial charge in [0.2, 0.25) is 0 Å². The number of carbonyl (C=O) groups is 4. The fraction of sp³-hybridized carbons (Fsp3) is 0.500. The Hall–Kier alpha value is -0.568. The Balaban J connectivity index is -0.0000000221. The molecule has 0 aliphatic carbocycles. The van der Waals surface area contributed by atoms with E-state index in [2.05, 4.69) is 81.6 Å². The van der Waals surface area contributed by atoms with Crippen molar-refractivity contribution in [1.29, 1.82) is 10.5 Å². The van der Waals surface area contributed by atoms with Gasteiger partial charge in [-0.3, -0.25) is 0 Å². The molecule has 74 heteroatoms. The largest absolute Gasteiger partial charge is 2.00 e. The van der Waals surface area contributed by atoms with Crippen LogP contribution in [0.25, 0.3) is 0 Å². The van der Waals surface area contributed by atoms with Gasteiger partial charge in [-0.1, -0.05) is 219 Å². The van der Waals surface area contributed by atoms with Crippen LogP contribution in [0.5, 0.6) is 0 Å². The normalized spacial score (nSPS) is 8.31. The van der Waals surface area contributed by atoms with E-state index in [1.54, 1.807) is 160 Å². The molecule has 0 aliphatic heterocycles. The number of carbonyl (C=O) groups excluding carboxylic acids is 4. The van der Waals surface area contributed by atoms with Crippen molar-refractivity contribution in [2.24, 2.45) is 0 Å². The third-order valence-corrected chi connectivity index (χ3v) is 17.8. The molecule has 0 saturated carbocycles. The van der Waals surface area contributed by atoms with E-state index >= 15 is 0 Å². The van der Waals surface area contributed by atoms with Crippen LogP contribution in [0.15, 0.2) is 148 Å². The minimum atomic E-state index is -4.35. The molecular formula is C60H104Cu16N18O34P6. The van der Waals surface area contributed by atoms with Gasteiger partial charge in [-0.05, 0) is 58.6 Å². The summed E-state index contributed by atoms with van der Waals surface area (Å²) in [5, 5.41) is 99.0. The summed E-state index contributed by atoms with van der Waals surface area (Å²) in [6.45, 7) is 31.6. The van der Waals surface area contributed by atoms with Crippen LogP contribution < -0.4 is 120 Å². The van der Waals surface area contributed by atoms with E-state index in [4.69, 9.17) is 50.1 Å². The van der Waals surface area contributed by atoms with E-state index in [9.17, 15) is 86.1 Å². The van der Waals surface area contributed by atoms with Gasteiger partial charge < -0.3 is 251 Å². The number of hydrogen-bond donors (Lipinski definition) is 0. The fourth-order valence-electron chi connectivity index (χ4n) is 1.54. The molecule has 8 heterocycles. The van der Waals surface area contributed by atoms with E-state index in [0.717, 1.165) is 27.7 Å². The molecule has 52 nitrogen and oxygen atoms in total. The first-order valence-corrected chi connectivity index (χ1v) is 39.0. The number of aliphatic carboxylic acids is 4. The van der Waals surface area contributed by atoms with Crippen molar-refractivity contribution in [2.45, 2.75) is 197 Å². The van der Waals surface area contributed by atoms with Gasteiger partial charge in [0, 0.05) is 87.3 Å². The molecule has 8 rings (SSSR count). The van der Waals surface area contributed by atoms with Gasteiger partial charge in [0.1, 0.15) is 0 Å². The molecule has 0 aromatic carbocycles. The van der Waals surface area contributed by atoms with Gasteiger partial charge in [-0.2, -0.15) is 60.1 Å². The maximum absolute atomic E-state index is 10.1. The maximum atomic E-state index is 10.1. The fourth-order valence-corrected chi connectivity index (χ4v) is 1.54. The molecule has 8 aromatic rings. The number of aromatic nitrogens is 16. The number of carboxylic acids is 4. The van der Waals surface area contributed by atoms with E-state index in [1.807, 2.05) is 0 Å². The molecular weight excluding hydrogens is 2720 g/mol. The first kappa shape index (κ1) is 247. The van der Waals surface area contributed by atoms with E-state index in [1.165, 1.54) is 138 Å². The molecule has 16 radical (unpaired) electrons. The summed E-state index contributed by atoms with van der Waals surface area (Å²) in [4.78, 5) is 157. The molecule has 0 atom stereocenters. The van der Waals surface area contributed by atoms with E-state index in [-0.39, 0.29) is 317 Å². The van der Waals surface area contributed by atoms with Gasteiger partial charge in [0.05, 0.1) is 12.1 Å². The standard InChI is InChI=1S/6C4H11O3P.8C3H3N2.2C2H3N.4C2H4O2.16Cu.8H2O/c6*1-4(2,3)8(5,6)7;8*1-2-4-5-3-1;2*1-2-3;4*1-2(3)4;;;;;;;;;;;;;;;;;;;;;;;;/h6*1-3H3,(H2,5,6,7);8*1-3H;2*1H3;4*1H3,(H,3,4);;;;;;;;;;;;;;;;;8*1H2/q;;;;;;8*-1;;;;;;;16*+2;;;;;;;;/p-24. The minimum Gasteiger partial charge on any atom is -0.870 e. The van der Waals surface area contributed by atoms with Gasteiger partial charge >= 0.3 is 273 Å². The summed E-state index contributed by atoms with van der Waals surface area (Å²) in [6, 6.07) is 17.7. The van der Waals surface area contributed by atoms with Crippen molar-refractivity contribution in [2.75, 3.05) is 0 Å². The summed E-state index contributed by atoms with van der Waals surface area (Å²) in [5.41, 5.74) is 0. The second-order valence-electron chi connectivity index (χ2n) is 24.2. The monoisotopic (exact) mass is 2810 g/mol. The zero-order valence-corrected chi connectivity index (χ0v) is 94.0. The Bertz CT molecular complexity index is 2870. The summed E-state index contributed by atoms with van der Waals surface area (Å²) in [5.74, 6) is -4.33. The van der Waals surface area contributed by atoms with Crippen LogP contribution >= 0.6 is 45.6 Å². The van der Waals surface area contributed by atoms with Crippen molar-refractivity contribution >= 4 is 69.5 Å². The van der Waals surface area contributed by atoms with Gasteiger partial charge in [0.25, 0.3) is 0 Å². The van der Waals surface area contributed by atoms with Gasteiger partial charge in [-0.15, -0.1) is 0 Å². The molecule has 0 spiro atoms. The van der Waals surface area contributed by atoms with Crippen molar-refractivity contribution in [3.05, 3.63) is 148 Å². The van der Waals surface area contributed by atoms with Crippen LogP contribution in [0, 0.1) is 22.7 Å². The third-order valence-electron chi connectivity index (χ3n) is 7.91. The SMILES string of the molecule is CC#N.CC#N.CC(=O)[O-].CC(=O)[O-].CC(=O)[O-].CC(=O)[O-].CC(C)(C)P(=O)([O-])[O-].CC(C)(C)P(=O)([O-])[O-].CC(C)(C)P(=O)([O-])[O-].CC(C)(C)P(=O)([O-])[O-].CC(C)(C)P(=O)([O-])[O-].CC(C)(C)P(=O)([O-])[O-].[Cu+2].[Cu+2].[Cu+2].[Cu+2].[Cu+2].[Cu+2].[Cu+2].[Cu+2].[Cu+2].[Cu+2].[Cu+2].[Cu+2].[Cu+2].[Cu+2].[Cu+2].[Cu+2].[OH-].[OH-].[OH-].[OH-].[OH-].[OH-].[OH-].[OH-].c1cn[n-]c1.c1cn[n-]c1.c1cn[n-]c1.c1cn[n-]c1.c1cn[n-]c1.c1cn[n-]c1.c1cn[n-]c1.c1cn[n-]c1. The quantitative estimate of drug-likeness (QED) is 0.101. The molecule has 0 amide bonds. The van der Waals surface area contributed by atoms with Crippen LogP contribution in [0.4, 0.5) is 0 Å². The average molecular weight is 2820 g/mol. The summed E-state index contributed by atoms with van der Waals surface area (Å²) < 4.78 is 60.8.